The lowest BCUT2D eigenvalue weighted by atomic mass is 9.99. The Morgan fingerprint density at radius 2 is 1.85 bits per heavy atom. The maximum absolute atomic E-state index is 11.0. The van der Waals surface area contributed by atoms with E-state index in [-0.39, 0.29) is 11.5 Å². The largest absolute Gasteiger partial charge is 0.504 e. The minimum atomic E-state index is 0.0346. The highest BCUT2D eigenvalue weighted by Gasteiger charge is 2.15. The third-order valence-corrected chi connectivity index (χ3v) is 3.13. The van der Waals surface area contributed by atoms with E-state index >= 15 is 0 Å². The third kappa shape index (κ3) is 2.45. The summed E-state index contributed by atoms with van der Waals surface area (Å²) < 4.78 is 5.13. The van der Waals surface area contributed by atoms with Crippen LogP contribution in [0.3, 0.4) is 0 Å². The summed E-state index contributed by atoms with van der Waals surface area (Å²) in [5.74, 6) is 0.325. The molecule has 0 radical (unpaired) electrons. The topological polar surface area (TPSA) is 49.8 Å². The van der Waals surface area contributed by atoms with Crippen LogP contribution in [0.2, 0.25) is 0 Å². The summed E-state index contributed by atoms with van der Waals surface area (Å²) in [6.45, 7) is 0. The van der Waals surface area contributed by atoms with E-state index in [1.807, 2.05) is 43.3 Å². The quantitative estimate of drug-likeness (QED) is 0.869. The molecule has 2 aromatic carbocycles. The van der Waals surface area contributed by atoms with Gasteiger partial charge in [-0.05, 0) is 18.2 Å². The molecule has 20 heavy (non-hydrogen) atoms. The molecule has 0 aliphatic heterocycles. The number of methoxy groups -OCH3 is 1. The number of hydrogen-bond donors (Lipinski definition) is 1. The molecule has 1 N–H and O–H groups in total. The first-order chi connectivity index (χ1) is 9.58. The van der Waals surface area contributed by atoms with Crippen molar-refractivity contribution in [1.29, 1.82) is 0 Å². The number of carbonyl (C=O) groups excluding carboxylic acids is 1. The van der Waals surface area contributed by atoms with Gasteiger partial charge in [-0.15, -0.1) is 0 Å². The van der Waals surface area contributed by atoms with E-state index in [9.17, 15) is 9.90 Å². The third-order valence-electron chi connectivity index (χ3n) is 3.13. The first-order valence-electron chi connectivity index (χ1n) is 6.21. The molecule has 0 bridgehead atoms. The monoisotopic (exact) mass is 271 g/mol. The second-order valence-corrected chi connectivity index (χ2v) is 4.65. The van der Waals surface area contributed by atoms with Gasteiger partial charge in [0.15, 0.2) is 11.5 Å². The molecule has 2 rings (SSSR count). The fraction of sp³-hybridized carbons (Fsp3) is 0.188. The van der Waals surface area contributed by atoms with E-state index in [0.29, 0.717) is 11.1 Å². The molecule has 0 saturated carbocycles. The van der Waals surface area contributed by atoms with Crippen molar-refractivity contribution in [2.75, 3.05) is 26.1 Å². The molecule has 0 spiro atoms. The van der Waals surface area contributed by atoms with Gasteiger partial charge in [0, 0.05) is 36.5 Å². The van der Waals surface area contributed by atoms with Crippen molar-refractivity contribution in [2.24, 2.45) is 0 Å². The molecular weight excluding hydrogens is 254 g/mol. The highest BCUT2D eigenvalue weighted by Crippen LogP contribution is 2.41. The second-order valence-electron chi connectivity index (χ2n) is 4.65. The molecule has 0 aromatic heterocycles. The fourth-order valence-corrected chi connectivity index (χ4v) is 2.15. The Labute approximate surface area is 118 Å². The van der Waals surface area contributed by atoms with E-state index in [2.05, 4.69) is 0 Å². The number of aromatic hydroxyl groups is 1. The van der Waals surface area contributed by atoms with Crippen molar-refractivity contribution in [1.82, 2.24) is 0 Å². The summed E-state index contributed by atoms with van der Waals surface area (Å²) >= 11 is 0. The van der Waals surface area contributed by atoms with E-state index in [4.69, 9.17) is 4.74 Å². The molecule has 4 heteroatoms. The number of aldehydes is 1. The van der Waals surface area contributed by atoms with Crippen LogP contribution in [0.5, 0.6) is 11.5 Å². The first-order valence-corrected chi connectivity index (χ1v) is 6.21. The molecule has 2 aromatic rings. The van der Waals surface area contributed by atoms with Gasteiger partial charge in [0.2, 0.25) is 0 Å². The second kappa shape index (κ2) is 5.65. The predicted molar refractivity (Wildman–Crippen MR) is 79.8 cm³/mol. The molecule has 0 fully saturated rings. The van der Waals surface area contributed by atoms with Gasteiger partial charge in [0.1, 0.15) is 6.29 Å². The van der Waals surface area contributed by atoms with Crippen molar-refractivity contribution in [3.8, 4) is 22.6 Å². The zero-order valence-corrected chi connectivity index (χ0v) is 11.8. The Balaban J connectivity index is 2.72. The maximum atomic E-state index is 11.0. The number of rotatable bonds is 4. The average Bonchev–Trinajstić information content (AvgIpc) is 2.47. The van der Waals surface area contributed by atoms with E-state index in [0.717, 1.165) is 17.5 Å². The smallest absolute Gasteiger partial charge is 0.165 e. The van der Waals surface area contributed by atoms with E-state index in [1.165, 1.54) is 13.2 Å². The number of ether oxygens (including phenoxy) is 1. The van der Waals surface area contributed by atoms with Crippen LogP contribution < -0.4 is 9.64 Å². The van der Waals surface area contributed by atoms with Gasteiger partial charge < -0.3 is 14.7 Å². The zero-order valence-electron chi connectivity index (χ0n) is 11.8. The Morgan fingerprint density at radius 3 is 2.45 bits per heavy atom. The van der Waals surface area contributed by atoms with Crippen LogP contribution in [0.4, 0.5) is 5.69 Å². The summed E-state index contributed by atoms with van der Waals surface area (Å²) in [6.07, 6.45) is 0.740. The number of para-hydroxylation sites is 1. The molecule has 0 unspecified atom stereocenters. The molecule has 0 heterocycles. The Morgan fingerprint density at radius 1 is 1.15 bits per heavy atom. The summed E-state index contributed by atoms with van der Waals surface area (Å²) in [7, 11) is 5.32. The van der Waals surface area contributed by atoms with E-state index < -0.39 is 0 Å². The highest BCUT2D eigenvalue weighted by atomic mass is 16.5. The fourth-order valence-electron chi connectivity index (χ4n) is 2.15. The first kappa shape index (κ1) is 13.9. The summed E-state index contributed by atoms with van der Waals surface area (Å²) in [5, 5.41) is 10.3. The molecule has 0 aliphatic carbocycles. The summed E-state index contributed by atoms with van der Waals surface area (Å²) in [6, 6.07) is 10.9. The molecular formula is C16H17NO3. The normalized spacial score (nSPS) is 10.2. The van der Waals surface area contributed by atoms with Crippen molar-refractivity contribution >= 4 is 12.0 Å². The SMILES string of the molecule is COc1cc(C=O)cc(-c2ccccc2N(C)C)c1O. The Hall–Kier alpha value is -2.49. The van der Waals surface area contributed by atoms with Gasteiger partial charge >= 0.3 is 0 Å². The number of benzene rings is 2. The molecule has 4 nitrogen and oxygen atoms in total. The standard InChI is InChI=1S/C16H17NO3/c1-17(2)14-7-5-4-6-12(14)13-8-11(10-18)9-15(20-3)16(13)19/h4-10,19H,1-3H3. The van der Waals surface area contributed by atoms with Crippen LogP contribution in [-0.2, 0) is 0 Å². The number of anilines is 1. The molecule has 0 aliphatic rings. The number of phenolic OH excluding ortho intramolecular Hbond substituents is 1. The minimum Gasteiger partial charge on any atom is -0.504 e. The highest BCUT2D eigenvalue weighted by molar-refractivity contribution is 5.88. The Kier molecular flexibility index (Phi) is 3.94. The number of carbonyl (C=O) groups is 1. The van der Waals surface area contributed by atoms with Crippen LogP contribution in [-0.4, -0.2) is 32.6 Å². The number of phenols is 1. The van der Waals surface area contributed by atoms with Gasteiger partial charge in [0.25, 0.3) is 0 Å². The van der Waals surface area contributed by atoms with Gasteiger partial charge in [-0.25, -0.2) is 0 Å². The molecule has 0 amide bonds. The van der Waals surface area contributed by atoms with Gasteiger partial charge in [-0.3, -0.25) is 4.79 Å². The van der Waals surface area contributed by atoms with Crippen LogP contribution in [0.1, 0.15) is 10.4 Å². The average molecular weight is 271 g/mol. The van der Waals surface area contributed by atoms with Crippen LogP contribution >= 0.6 is 0 Å². The number of nitrogens with zero attached hydrogens (tertiary/aromatic N) is 1. The summed E-state index contributed by atoms with van der Waals surface area (Å²) in [5.41, 5.74) is 2.84. The molecule has 0 saturated heterocycles. The van der Waals surface area contributed by atoms with Gasteiger partial charge in [-0.2, -0.15) is 0 Å². The zero-order chi connectivity index (χ0) is 14.7. The van der Waals surface area contributed by atoms with Crippen molar-refractivity contribution in [3.05, 3.63) is 42.0 Å². The van der Waals surface area contributed by atoms with Crippen molar-refractivity contribution < 1.29 is 14.6 Å². The number of hydrogen-bond acceptors (Lipinski definition) is 4. The van der Waals surface area contributed by atoms with Crippen LogP contribution in [0.25, 0.3) is 11.1 Å². The van der Waals surface area contributed by atoms with Gasteiger partial charge in [-0.1, -0.05) is 18.2 Å². The van der Waals surface area contributed by atoms with E-state index in [1.54, 1.807) is 6.07 Å². The van der Waals surface area contributed by atoms with Crippen molar-refractivity contribution in [2.45, 2.75) is 0 Å². The van der Waals surface area contributed by atoms with Gasteiger partial charge in [0.05, 0.1) is 7.11 Å². The van der Waals surface area contributed by atoms with Crippen LogP contribution in [0.15, 0.2) is 36.4 Å². The van der Waals surface area contributed by atoms with Crippen molar-refractivity contribution in [3.63, 3.8) is 0 Å². The minimum absolute atomic E-state index is 0.0346. The maximum Gasteiger partial charge on any atom is 0.165 e. The summed E-state index contributed by atoms with van der Waals surface area (Å²) in [4.78, 5) is 13.0. The predicted octanol–water partition coefficient (Wildman–Crippen LogP) is 2.95. The lowest BCUT2D eigenvalue weighted by Crippen LogP contribution is -2.09. The molecule has 104 valence electrons. The van der Waals surface area contributed by atoms with Crippen LogP contribution in [0, 0.1) is 0 Å². The molecule has 0 atom stereocenters. The Bertz CT molecular complexity index is 636. The lowest BCUT2D eigenvalue weighted by Gasteiger charge is -2.19. The lowest BCUT2D eigenvalue weighted by molar-refractivity contribution is 0.112.